The maximum absolute atomic E-state index is 13.1. The van der Waals surface area contributed by atoms with Crippen LogP contribution in [0.2, 0.25) is 5.02 Å². The van der Waals surface area contributed by atoms with Crippen molar-refractivity contribution >= 4 is 23.2 Å². The number of hydrogen-bond acceptors (Lipinski definition) is 4. The Bertz CT molecular complexity index is 991. The number of carbonyl (C=O) groups excluding carboxylic acids is 1. The van der Waals surface area contributed by atoms with Crippen LogP contribution in [0.3, 0.4) is 0 Å². The number of carbonyl (C=O) groups is 1. The van der Waals surface area contributed by atoms with Crippen LogP contribution in [0, 0.1) is 0 Å². The van der Waals surface area contributed by atoms with E-state index in [9.17, 15) is 9.90 Å². The van der Waals surface area contributed by atoms with Crippen LogP contribution in [0.25, 0.3) is 0 Å². The zero-order chi connectivity index (χ0) is 18.9. The first kappa shape index (κ1) is 17.4. The Labute approximate surface area is 161 Å². The van der Waals surface area contributed by atoms with Gasteiger partial charge in [-0.05, 0) is 29.8 Å². The molecule has 0 radical (unpaired) electrons. The Morgan fingerprint density at radius 1 is 1.04 bits per heavy atom. The lowest BCUT2D eigenvalue weighted by atomic mass is 9.94. The topological polar surface area (TPSA) is 65.8 Å². The number of aliphatic hydroxyl groups is 1. The first-order valence-electron chi connectivity index (χ1n) is 8.44. The molecule has 6 heteroatoms. The molecule has 1 atom stereocenters. The normalized spacial score (nSPS) is 19.0. The van der Waals surface area contributed by atoms with Gasteiger partial charge in [0.1, 0.15) is 0 Å². The Morgan fingerprint density at radius 2 is 1.78 bits per heavy atom. The van der Waals surface area contributed by atoms with Crippen LogP contribution < -0.4 is 0 Å². The lowest BCUT2D eigenvalue weighted by Gasteiger charge is -2.31. The third kappa shape index (κ3) is 3.23. The van der Waals surface area contributed by atoms with Crippen molar-refractivity contribution in [2.24, 2.45) is 5.10 Å². The predicted molar refractivity (Wildman–Crippen MR) is 103 cm³/mol. The molecule has 134 valence electrons. The lowest BCUT2D eigenvalue weighted by Crippen LogP contribution is -2.43. The summed E-state index contributed by atoms with van der Waals surface area (Å²) in [6, 6.07) is 19.5. The van der Waals surface area contributed by atoms with Gasteiger partial charge in [0.05, 0.1) is 11.3 Å². The summed E-state index contributed by atoms with van der Waals surface area (Å²) in [6.07, 6.45) is 3.22. The number of rotatable bonds is 3. The van der Waals surface area contributed by atoms with Crippen molar-refractivity contribution < 1.29 is 9.90 Å². The molecule has 4 rings (SSSR count). The molecule has 1 aromatic heterocycles. The van der Waals surface area contributed by atoms with Gasteiger partial charge >= 0.3 is 0 Å². The highest BCUT2D eigenvalue weighted by Gasteiger charge is 2.46. The monoisotopic (exact) mass is 377 g/mol. The van der Waals surface area contributed by atoms with E-state index in [2.05, 4.69) is 10.1 Å². The highest BCUT2D eigenvalue weighted by molar-refractivity contribution is 6.30. The summed E-state index contributed by atoms with van der Waals surface area (Å²) in [6.45, 7) is 0. The van der Waals surface area contributed by atoms with Crippen LogP contribution in [-0.2, 0) is 5.72 Å². The van der Waals surface area contributed by atoms with Crippen molar-refractivity contribution in [3.8, 4) is 0 Å². The molecule has 0 saturated heterocycles. The van der Waals surface area contributed by atoms with Crippen LogP contribution >= 0.6 is 11.6 Å². The molecule has 0 aliphatic carbocycles. The largest absolute Gasteiger partial charge is 0.365 e. The molecule has 27 heavy (non-hydrogen) atoms. The van der Waals surface area contributed by atoms with E-state index in [0.717, 1.165) is 10.6 Å². The molecule has 0 bridgehead atoms. The van der Waals surface area contributed by atoms with Crippen LogP contribution in [0.5, 0.6) is 0 Å². The van der Waals surface area contributed by atoms with Gasteiger partial charge < -0.3 is 5.11 Å². The van der Waals surface area contributed by atoms with Gasteiger partial charge in [0, 0.05) is 29.4 Å². The molecule has 3 aromatic rings. The maximum Gasteiger partial charge on any atom is 0.278 e. The summed E-state index contributed by atoms with van der Waals surface area (Å²) >= 11 is 5.97. The Morgan fingerprint density at radius 3 is 2.44 bits per heavy atom. The van der Waals surface area contributed by atoms with E-state index in [1.165, 1.54) is 6.20 Å². The minimum absolute atomic E-state index is 0.171. The molecular formula is C21H16ClN3O2. The fourth-order valence-electron chi connectivity index (χ4n) is 3.10. The van der Waals surface area contributed by atoms with Crippen molar-refractivity contribution in [2.75, 3.05) is 0 Å². The van der Waals surface area contributed by atoms with Gasteiger partial charge in [0.2, 0.25) is 0 Å². The number of halogens is 1. The van der Waals surface area contributed by atoms with Gasteiger partial charge in [-0.25, -0.2) is 0 Å². The molecule has 1 aliphatic rings. The van der Waals surface area contributed by atoms with E-state index in [-0.39, 0.29) is 6.42 Å². The number of benzene rings is 2. The average Bonchev–Trinajstić information content (AvgIpc) is 3.08. The summed E-state index contributed by atoms with van der Waals surface area (Å²) in [5.74, 6) is -0.418. The fraction of sp³-hybridized carbons (Fsp3) is 0.0952. The summed E-state index contributed by atoms with van der Waals surface area (Å²) < 4.78 is 0. The second-order valence-electron chi connectivity index (χ2n) is 6.27. The first-order valence-corrected chi connectivity index (χ1v) is 8.82. The summed E-state index contributed by atoms with van der Waals surface area (Å²) in [5.41, 5.74) is 0.775. The minimum atomic E-state index is -1.58. The second kappa shape index (κ2) is 6.95. The number of aromatic nitrogens is 1. The SMILES string of the molecule is O=C(c1cccnc1)N1N=C(c2ccc(Cl)cc2)CC1(O)c1ccccc1. The Balaban J connectivity index is 1.79. The van der Waals surface area contributed by atoms with Crippen LogP contribution in [0.15, 0.2) is 84.2 Å². The second-order valence-corrected chi connectivity index (χ2v) is 6.71. The third-order valence-electron chi connectivity index (χ3n) is 4.50. The van der Waals surface area contributed by atoms with Crippen molar-refractivity contribution in [1.82, 2.24) is 9.99 Å². The van der Waals surface area contributed by atoms with Gasteiger partial charge in [-0.1, -0.05) is 54.1 Å². The van der Waals surface area contributed by atoms with E-state index in [0.29, 0.717) is 21.9 Å². The van der Waals surface area contributed by atoms with Gasteiger partial charge in [0.25, 0.3) is 5.91 Å². The Kier molecular flexibility index (Phi) is 4.48. The quantitative estimate of drug-likeness (QED) is 0.754. The minimum Gasteiger partial charge on any atom is -0.365 e. The predicted octanol–water partition coefficient (Wildman–Crippen LogP) is 3.83. The number of amides is 1. The zero-order valence-corrected chi connectivity index (χ0v) is 15.0. The Hall–Kier alpha value is -3.02. The molecule has 5 nitrogen and oxygen atoms in total. The van der Waals surface area contributed by atoms with Gasteiger partial charge in [-0.3, -0.25) is 9.78 Å². The molecule has 1 amide bonds. The molecule has 0 fully saturated rings. The third-order valence-corrected chi connectivity index (χ3v) is 4.75. The van der Waals surface area contributed by atoms with Crippen LogP contribution in [-0.4, -0.2) is 26.7 Å². The van der Waals surface area contributed by atoms with Crippen LogP contribution in [0.4, 0.5) is 0 Å². The maximum atomic E-state index is 13.1. The van der Waals surface area contributed by atoms with Crippen molar-refractivity contribution in [1.29, 1.82) is 0 Å². The summed E-state index contributed by atoms with van der Waals surface area (Å²) in [5, 5.41) is 17.7. The number of nitrogens with zero attached hydrogens (tertiary/aromatic N) is 3. The van der Waals surface area contributed by atoms with Crippen molar-refractivity contribution in [2.45, 2.75) is 12.1 Å². The van der Waals surface area contributed by atoms with E-state index < -0.39 is 11.6 Å². The van der Waals surface area contributed by atoms with Gasteiger partial charge in [0.15, 0.2) is 5.72 Å². The van der Waals surface area contributed by atoms with Crippen molar-refractivity contribution in [3.05, 3.63) is 101 Å². The van der Waals surface area contributed by atoms with E-state index >= 15 is 0 Å². The highest BCUT2D eigenvalue weighted by Crippen LogP contribution is 2.37. The average molecular weight is 378 g/mol. The fourth-order valence-corrected chi connectivity index (χ4v) is 3.23. The van der Waals surface area contributed by atoms with E-state index in [1.807, 2.05) is 30.3 Å². The molecule has 1 aliphatic heterocycles. The van der Waals surface area contributed by atoms with Crippen LogP contribution in [0.1, 0.15) is 27.9 Å². The molecule has 1 N–H and O–H groups in total. The smallest absolute Gasteiger partial charge is 0.278 e. The van der Waals surface area contributed by atoms with E-state index in [1.54, 1.807) is 42.6 Å². The highest BCUT2D eigenvalue weighted by atomic mass is 35.5. The van der Waals surface area contributed by atoms with Crippen molar-refractivity contribution in [3.63, 3.8) is 0 Å². The summed E-state index contributed by atoms with van der Waals surface area (Å²) in [7, 11) is 0. The molecule has 1 unspecified atom stereocenters. The number of pyridine rings is 1. The first-order chi connectivity index (χ1) is 13.1. The summed E-state index contributed by atoms with van der Waals surface area (Å²) in [4.78, 5) is 17.1. The van der Waals surface area contributed by atoms with Gasteiger partial charge in [-0.2, -0.15) is 10.1 Å². The van der Waals surface area contributed by atoms with E-state index in [4.69, 9.17) is 11.6 Å². The molecule has 0 spiro atoms. The van der Waals surface area contributed by atoms with Gasteiger partial charge in [-0.15, -0.1) is 0 Å². The zero-order valence-electron chi connectivity index (χ0n) is 14.3. The molecule has 2 aromatic carbocycles. The standard InChI is InChI=1S/C21H16ClN3O2/c22-18-10-8-15(9-11-18)19-13-21(27,17-6-2-1-3-7-17)25(24-19)20(26)16-5-4-12-23-14-16/h1-12,14,27H,13H2. The molecule has 0 saturated carbocycles. The number of hydrogen-bond donors (Lipinski definition) is 1. The number of hydrazone groups is 1. The molecule has 2 heterocycles. The lowest BCUT2D eigenvalue weighted by molar-refractivity contribution is -0.0765. The molecular weight excluding hydrogens is 362 g/mol.